The summed E-state index contributed by atoms with van der Waals surface area (Å²) in [5.74, 6) is -2.64. The Kier molecular flexibility index (Phi) is 5.95. The smallest absolute Gasteiger partial charge is 0.322 e. The molecule has 1 aromatic heterocycles. The van der Waals surface area contributed by atoms with Gasteiger partial charge in [-0.1, -0.05) is 24.3 Å². The number of rotatable bonds is 6. The number of aromatic hydroxyl groups is 1. The predicted octanol–water partition coefficient (Wildman–Crippen LogP) is 0.717. The number of aromatic nitrogens is 1. The van der Waals surface area contributed by atoms with Crippen molar-refractivity contribution < 1.29 is 29.6 Å². The number of nitrogens with one attached hydrogen (secondary N) is 1. The van der Waals surface area contributed by atoms with Crippen LogP contribution in [-0.2, 0) is 34.7 Å². The first-order valence-electron chi connectivity index (χ1n) is 9.46. The van der Waals surface area contributed by atoms with Crippen molar-refractivity contribution in [2.24, 2.45) is 0 Å². The molecule has 1 aliphatic rings. The van der Waals surface area contributed by atoms with Gasteiger partial charge in [0.15, 0.2) is 0 Å². The fraction of sp³-hybridized carbons (Fsp3) is 0.381. The zero-order valence-corrected chi connectivity index (χ0v) is 16.8. The van der Waals surface area contributed by atoms with Crippen molar-refractivity contribution in [1.82, 2.24) is 9.88 Å². The van der Waals surface area contributed by atoms with Crippen LogP contribution in [0.25, 0.3) is 0 Å². The molecule has 1 aliphatic heterocycles. The maximum Gasteiger partial charge on any atom is 0.322 e. The van der Waals surface area contributed by atoms with Gasteiger partial charge in [0.1, 0.15) is 17.9 Å². The van der Waals surface area contributed by atoms with Crippen LogP contribution in [0.15, 0.2) is 29.1 Å². The summed E-state index contributed by atoms with van der Waals surface area (Å²) in [6.45, 7) is 3.23. The number of aliphatic carboxylic acids is 1. The summed E-state index contributed by atoms with van der Waals surface area (Å²) in [7, 11) is 0. The first-order chi connectivity index (χ1) is 14.1. The van der Waals surface area contributed by atoms with E-state index in [0.29, 0.717) is 29.8 Å². The van der Waals surface area contributed by atoms with E-state index in [-0.39, 0.29) is 13.2 Å². The van der Waals surface area contributed by atoms with Gasteiger partial charge in [-0.25, -0.2) is 0 Å². The molecule has 1 amide bonds. The highest BCUT2D eigenvalue weighted by Crippen LogP contribution is 2.28. The van der Waals surface area contributed by atoms with Gasteiger partial charge >= 0.3 is 5.97 Å². The Hall–Kier alpha value is -3.17. The lowest BCUT2D eigenvalue weighted by Crippen LogP contribution is -2.38. The molecule has 9 nitrogen and oxygen atoms in total. The second-order valence-corrected chi connectivity index (χ2v) is 7.68. The second kappa shape index (κ2) is 8.29. The van der Waals surface area contributed by atoms with Crippen LogP contribution in [0.5, 0.6) is 5.75 Å². The minimum absolute atomic E-state index is 0.108. The Bertz CT molecular complexity index is 1030. The highest BCUT2D eigenvalue weighted by Gasteiger charge is 2.28. The van der Waals surface area contributed by atoms with E-state index >= 15 is 0 Å². The average Bonchev–Trinajstić information content (AvgIpc) is 2.69. The lowest BCUT2D eigenvalue weighted by atomic mass is 9.97. The van der Waals surface area contributed by atoms with Crippen molar-refractivity contribution in [3.05, 3.63) is 62.6 Å². The molecule has 0 saturated carbocycles. The van der Waals surface area contributed by atoms with Gasteiger partial charge in [-0.3, -0.25) is 14.4 Å². The van der Waals surface area contributed by atoms with Crippen molar-refractivity contribution in [2.75, 3.05) is 13.2 Å². The maximum absolute atomic E-state index is 13.1. The SMILES string of the molecule is CC(C)(O)c1ccc(Cn2c3c(c(O)c(C(=O)NCC(=O)O)c2=O)CCOC3)cc1. The van der Waals surface area contributed by atoms with Gasteiger partial charge in [0.05, 0.1) is 31.1 Å². The normalized spacial score (nSPS) is 13.6. The standard InChI is InChI=1S/C21H24N2O7/c1-21(2,29)13-5-3-12(4-6-13)10-23-15-11-30-8-7-14(15)18(26)17(20(23)28)19(27)22-9-16(24)25/h3-6,26,29H,7-11H2,1-2H3,(H,22,27)(H,24,25). The fourth-order valence-electron chi connectivity index (χ4n) is 3.40. The minimum atomic E-state index is -1.26. The number of benzene rings is 1. The van der Waals surface area contributed by atoms with E-state index in [1.54, 1.807) is 38.1 Å². The average molecular weight is 416 g/mol. The molecule has 0 atom stereocenters. The van der Waals surface area contributed by atoms with Crippen LogP contribution >= 0.6 is 0 Å². The summed E-state index contributed by atoms with van der Waals surface area (Å²) < 4.78 is 6.81. The number of hydrogen-bond acceptors (Lipinski definition) is 6. The highest BCUT2D eigenvalue weighted by molar-refractivity contribution is 5.98. The molecule has 160 valence electrons. The molecule has 0 spiro atoms. The number of amides is 1. The molecule has 1 aromatic carbocycles. The molecule has 30 heavy (non-hydrogen) atoms. The van der Waals surface area contributed by atoms with Gasteiger partial charge in [-0.05, 0) is 25.0 Å². The minimum Gasteiger partial charge on any atom is -0.507 e. The van der Waals surface area contributed by atoms with Crippen LogP contribution in [0.1, 0.15) is 46.6 Å². The van der Waals surface area contributed by atoms with Crippen LogP contribution in [-0.4, -0.2) is 44.9 Å². The van der Waals surface area contributed by atoms with Gasteiger partial charge in [-0.2, -0.15) is 0 Å². The van der Waals surface area contributed by atoms with E-state index in [2.05, 4.69) is 5.32 Å². The zero-order chi connectivity index (χ0) is 22.1. The number of pyridine rings is 1. The quantitative estimate of drug-likeness (QED) is 0.544. The number of carboxylic acid groups (broad SMARTS) is 1. The summed E-state index contributed by atoms with van der Waals surface area (Å²) in [6, 6.07) is 7.05. The van der Waals surface area contributed by atoms with E-state index in [0.717, 1.165) is 5.56 Å². The molecule has 4 N–H and O–H groups in total. The molecular weight excluding hydrogens is 392 g/mol. The molecule has 0 unspecified atom stereocenters. The molecule has 9 heteroatoms. The number of carbonyl (C=O) groups is 2. The molecular formula is C21H24N2O7. The lowest BCUT2D eigenvalue weighted by Gasteiger charge is -2.24. The highest BCUT2D eigenvalue weighted by atomic mass is 16.5. The molecule has 0 radical (unpaired) electrons. The Morgan fingerprint density at radius 2 is 1.90 bits per heavy atom. The first kappa shape index (κ1) is 21.5. The Morgan fingerprint density at radius 1 is 1.23 bits per heavy atom. The summed E-state index contributed by atoms with van der Waals surface area (Å²) >= 11 is 0. The topological polar surface area (TPSA) is 138 Å². The van der Waals surface area contributed by atoms with Crippen LogP contribution < -0.4 is 10.9 Å². The monoisotopic (exact) mass is 416 g/mol. The number of fused-ring (bicyclic) bond motifs is 1. The first-order valence-corrected chi connectivity index (χ1v) is 9.46. The van der Waals surface area contributed by atoms with Crippen molar-refractivity contribution in [1.29, 1.82) is 0 Å². The number of ether oxygens (including phenoxy) is 1. The van der Waals surface area contributed by atoms with Gasteiger partial charge in [0.25, 0.3) is 11.5 Å². The van der Waals surface area contributed by atoms with E-state index in [4.69, 9.17) is 9.84 Å². The molecule has 3 rings (SSSR count). The van der Waals surface area contributed by atoms with Crippen LogP contribution in [0.2, 0.25) is 0 Å². The number of hydrogen-bond donors (Lipinski definition) is 4. The van der Waals surface area contributed by atoms with Crippen molar-refractivity contribution >= 4 is 11.9 Å². The van der Waals surface area contributed by atoms with Crippen LogP contribution in [0.4, 0.5) is 0 Å². The largest absolute Gasteiger partial charge is 0.507 e. The van der Waals surface area contributed by atoms with Gasteiger partial charge in [0.2, 0.25) is 0 Å². The molecule has 2 heterocycles. The van der Waals surface area contributed by atoms with E-state index in [1.807, 2.05) is 0 Å². The van der Waals surface area contributed by atoms with Crippen LogP contribution in [0.3, 0.4) is 0 Å². The third-order valence-corrected chi connectivity index (χ3v) is 5.02. The van der Waals surface area contributed by atoms with E-state index < -0.39 is 40.9 Å². The summed E-state index contributed by atoms with van der Waals surface area (Å²) in [4.78, 5) is 36.3. The number of aliphatic hydroxyl groups is 1. The second-order valence-electron chi connectivity index (χ2n) is 7.68. The summed E-state index contributed by atoms with van der Waals surface area (Å²) in [5.41, 5.74) is 0.163. The summed E-state index contributed by atoms with van der Waals surface area (Å²) in [6.07, 6.45) is 0.318. The van der Waals surface area contributed by atoms with Crippen molar-refractivity contribution in [3.8, 4) is 5.75 Å². The molecule has 0 aliphatic carbocycles. The van der Waals surface area contributed by atoms with E-state index in [1.165, 1.54) is 4.57 Å². The van der Waals surface area contributed by atoms with E-state index in [9.17, 15) is 24.6 Å². The molecule has 0 bridgehead atoms. The Morgan fingerprint density at radius 3 is 2.50 bits per heavy atom. The number of carbonyl (C=O) groups excluding carboxylic acids is 1. The fourth-order valence-corrected chi connectivity index (χ4v) is 3.40. The van der Waals surface area contributed by atoms with Crippen LogP contribution in [0, 0.1) is 0 Å². The summed E-state index contributed by atoms with van der Waals surface area (Å²) in [5, 5.41) is 31.6. The zero-order valence-electron chi connectivity index (χ0n) is 16.8. The van der Waals surface area contributed by atoms with Gasteiger partial charge < -0.3 is 29.9 Å². The third kappa shape index (κ3) is 4.37. The maximum atomic E-state index is 13.1. The van der Waals surface area contributed by atoms with Gasteiger partial charge in [-0.15, -0.1) is 0 Å². The molecule has 2 aromatic rings. The molecule has 0 fully saturated rings. The Labute approximate surface area is 172 Å². The molecule has 0 saturated heterocycles. The van der Waals surface area contributed by atoms with Crippen molar-refractivity contribution in [2.45, 2.75) is 39.0 Å². The van der Waals surface area contributed by atoms with Gasteiger partial charge in [0, 0.05) is 12.0 Å². The Balaban J connectivity index is 2.05. The number of nitrogens with zero attached hydrogens (tertiary/aromatic N) is 1. The van der Waals surface area contributed by atoms with Crippen molar-refractivity contribution in [3.63, 3.8) is 0 Å². The number of carboxylic acids is 1. The lowest BCUT2D eigenvalue weighted by molar-refractivity contribution is -0.135. The predicted molar refractivity (Wildman–Crippen MR) is 106 cm³/mol. The third-order valence-electron chi connectivity index (χ3n) is 5.02.